The van der Waals surface area contributed by atoms with Crippen LogP contribution in [0.2, 0.25) is 0 Å². The summed E-state index contributed by atoms with van der Waals surface area (Å²) >= 11 is 0. The van der Waals surface area contributed by atoms with Crippen molar-refractivity contribution in [2.24, 2.45) is 0 Å². The maximum atomic E-state index is 12.3. The summed E-state index contributed by atoms with van der Waals surface area (Å²) in [7, 11) is 0. The van der Waals surface area contributed by atoms with Gasteiger partial charge in [0.05, 0.1) is 13.2 Å². The normalized spacial score (nSPS) is 12.7. The summed E-state index contributed by atoms with van der Waals surface area (Å²) < 4.78 is 11.2. The Labute approximate surface area is 343 Å². The largest absolute Gasteiger partial charge is 0.457 e. The lowest BCUT2D eigenvalue weighted by Crippen LogP contribution is -2.27. The minimum atomic E-state index is -0.534. The monoisotopic (exact) mass is 771 g/mol. The molecule has 55 heavy (non-hydrogen) atoms. The molecule has 0 radical (unpaired) electrons. The predicted octanol–water partition coefficient (Wildman–Crippen LogP) is 16.2. The Hall–Kier alpha value is -1.65. The summed E-state index contributed by atoms with van der Waals surface area (Å²) in [5, 5.41) is 9.64. The number of hydrogen-bond donors (Lipinski definition) is 1. The van der Waals surface area contributed by atoms with E-state index in [-0.39, 0.29) is 12.6 Å². The van der Waals surface area contributed by atoms with Crippen LogP contribution < -0.4 is 0 Å². The first-order chi connectivity index (χ1) is 27.2. The van der Waals surface area contributed by atoms with Crippen molar-refractivity contribution >= 4 is 5.97 Å². The molecule has 0 saturated carbocycles. The number of ether oxygens (including phenoxy) is 2. The quantitative estimate of drug-likeness (QED) is 0.0381. The van der Waals surface area contributed by atoms with Crippen LogP contribution >= 0.6 is 0 Å². The molecule has 0 saturated heterocycles. The van der Waals surface area contributed by atoms with Crippen LogP contribution in [0.25, 0.3) is 0 Å². The van der Waals surface area contributed by atoms with Crippen LogP contribution in [0.1, 0.15) is 245 Å². The minimum Gasteiger partial charge on any atom is -0.457 e. The summed E-state index contributed by atoms with van der Waals surface area (Å²) in [4.78, 5) is 12.3. The highest BCUT2D eigenvalue weighted by atomic mass is 16.6. The van der Waals surface area contributed by atoms with Crippen LogP contribution in [0.3, 0.4) is 0 Å². The molecule has 0 aromatic carbocycles. The van der Waals surface area contributed by atoms with Gasteiger partial charge in [-0.25, -0.2) is 0 Å². The molecule has 0 fully saturated rings. The zero-order valence-electron chi connectivity index (χ0n) is 36.9. The molecular weight excluding hydrogens is 677 g/mol. The van der Waals surface area contributed by atoms with E-state index in [1.54, 1.807) is 0 Å². The van der Waals surface area contributed by atoms with Crippen molar-refractivity contribution in [1.29, 1.82) is 0 Å². The SMILES string of the molecule is CC/C=C\C/C=C\C/C=C\C/C=C\CCCCCCCCCCCCCCC(=O)OC(CO)COCCCCCCCCCCCCCCCCCCCC. The molecule has 0 heterocycles. The molecule has 0 aromatic rings. The van der Waals surface area contributed by atoms with Crippen LogP contribution in [-0.2, 0) is 14.3 Å². The molecule has 0 aliphatic heterocycles. The van der Waals surface area contributed by atoms with Gasteiger partial charge in [-0.2, -0.15) is 0 Å². The summed E-state index contributed by atoms with van der Waals surface area (Å²) in [6.45, 7) is 5.27. The van der Waals surface area contributed by atoms with E-state index in [2.05, 4.69) is 62.5 Å². The number of rotatable bonds is 45. The fourth-order valence-corrected chi connectivity index (χ4v) is 7.09. The van der Waals surface area contributed by atoms with Crippen LogP contribution in [0.4, 0.5) is 0 Å². The zero-order valence-corrected chi connectivity index (χ0v) is 36.9. The molecule has 0 amide bonds. The highest BCUT2D eigenvalue weighted by Crippen LogP contribution is 2.16. The van der Waals surface area contributed by atoms with Gasteiger partial charge in [0.15, 0.2) is 0 Å². The van der Waals surface area contributed by atoms with E-state index < -0.39 is 6.10 Å². The molecule has 0 bridgehead atoms. The molecule has 0 rings (SSSR count). The highest BCUT2D eigenvalue weighted by Gasteiger charge is 2.13. The molecule has 1 N–H and O–H groups in total. The number of carbonyl (C=O) groups is 1. The average Bonchev–Trinajstić information content (AvgIpc) is 3.19. The second-order valence-electron chi connectivity index (χ2n) is 16.2. The predicted molar refractivity (Wildman–Crippen MR) is 242 cm³/mol. The van der Waals surface area contributed by atoms with Gasteiger partial charge in [0.25, 0.3) is 0 Å². The molecule has 322 valence electrons. The number of allylic oxidation sites excluding steroid dienone is 8. The first kappa shape index (κ1) is 53.4. The lowest BCUT2D eigenvalue weighted by Gasteiger charge is -2.16. The Morgan fingerprint density at radius 2 is 0.818 bits per heavy atom. The Kier molecular flexibility index (Phi) is 47.0. The number of unbranched alkanes of at least 4 members (excludes halogenated alkanes) is 29. The first-order valence-corrected chi connectivity index (χ1v) is 24.2. The molecule has 0 aromatic heterocycles. The topological polar surface area (TPSA) is 55.8 Å². The van der Waals surface area contributed by atoms with Crippen LogP contribution in [0.15, 0.2) is 48.6 Å². The standard InChI is InChI=1S/C51H94O4/c1-3-5-7-9-11-13-15-17-19-21-23-24-25-26-27-28-29-30-32-34-36-38-40-42-44-46-51(53)55-50(48-52)49-54-47-45-43-41-39-37-35-33-31-22-20-18-16-14-12-10-8-6-4-2/h5,7,11,13,17,19,23-24,50,52H,3-4,6,8-10,12,14-16,18,20-22,25-49H2,1-2H3/b7-5-,13-11-,19-17-,24-23-. The fourth-order valence-electron chi connectivity index (χ4n) is 7.09. The van der Waals surface area contributed by atoms with Crippen LogP contribution in [-0.4, -0.2) is 37.0 Å². The number of esters is 1. The number of aliphatic hydroxyl groups excluding tert-OH is 1. The second kappa shape index (κ2) is 48.5. The summed E-state index contributed by atoms with van der Waals surface area (Å²) in [6, 6.07) is 0. The van der Waals surface area contributed by atoms with E-state index in [9.17, 15) is 9.90 Å². The van der Waals surface area contributed by atoms with E-state index in [1.165, 1.54) is 180 Å². The number of aliphatic hydroxyl groups is 1. The van der Waals surface area contributed by atoms with Gasteiger partial charge in [0, 0.05) is 13.0 Å². The van der Waals surface area contributed by atoms with Crippen molar-refractivity contribution in [3.05, 3.63) is 48.6 Å². The molecule has 1 atom stereocenters. The molecule has 4 heteroatoms. The lowest BCUT2D eigenvalue weighted by atomic mass is 10.0. The smallest absolute Gasteiger partial charge is 0.306 e. The third kappa shape index (κ3) is 46.6. The molecular formula is C51H94O4. The van der Waals surface area contributed by atoms with Gasteiger partial charge >= 0.3 is 5.97 Å². The maximum absolute atomic E-state index is 12.3. The Balaban J connectivity index is 3.40. The Bertz CT molecular complexity index is 859. The van der Waals surface area contributed by atoms with Crippen molar-refractivity contribution in [2.45, 2.75) is 251 Å². The van der Waals surface area contributed by atoms with E-state index in [4.69, 9.17) is 9.47 Å². The number of carbonyl (C=O) groups excluding carboxylic acids is 1. The molecule has 0 aliphatic carbocycles. The van der Waals surface area contributed by atoms with Crippen molar-refractivity contribution in [3.8, 4) is 0 Å². The van der Waals surface area contributed by atoms with Crippen molar-refractivity contribution in [2.75, 3.05) is 19.8 Å². The zero-order chi connectivity index (χ0) is 39.8. The second-order valence-corrected chi connectivity index (χ2v) is 16.2. The van der Waals surface area contributed by atoms with Gasteiger partial charge in [-0.05, 0) is 51.4 Å². The van der Waals surface area contributed by atoms with Gasteiger partial charge < -0.3 is 14.6 Å². The van der Waals surface area contributed by atoms with Crippen molar-refractivity contribution in [3.63, 3.8) is 0 Å². The van der Waals surface area contributed by atoms with Gasteiger partial charge in [-0.15, -0.1) is 0 Å². The van der Waals surface area contributed by atoms with Gasteiger partial charge in [0.2, 0.25) is 0 Å². The third-order valence-corrected chi connectivity index (χ3v) is 10.7. The van der Waals surface area contributed by atoms with Crippen LogP contribution in [0.5, 0.6) is 0 Å². The lowest BCUT2D eigenvalue weighted by molar-refractivity contribution is -0.154. The summed E-state index contributed by atoms with van der Waals surface area (Å²) in [6.07, 6.45) is 63.3. The van der Waals surface area contributed by atoms with E-state index in [1.807, 2.05) is 0 Å². The van der Waals surface area contributed by atoms with Gasteiger partial charge in [-0.1, -0.05) is 236 Å². The van der Waals surface area contributed by atoms with Gasteiger partial charge in [0.1, 0.15) is 6.10 Å². The Morgan fingerprint density at radius 1 is 0.455 bits per heavy atom. The van der Waals surface area contributed by atoms with E-state index >= 15 is 0 Å². The minimum absolute atomic E-state index is 0.170. The Morgan fingerprint density at radius 3 is 1.24 bits per heavy atom. The van der Waals surface area contributed by atoms with Crippen LogP contribution in [0, 0.1) is 0 Å². The van der Waals surface area contributed by atoms with E-state index in [0.29, 0.717) is 19.6 Å². The van der Waals surface area contributed by atoms with Gasteiger partial charge in [-0.3, -0.25) is 4.79 Å². The molecule has 1 unspecified atom stereocenters. The highest BCUT2D eigenvalue weighted by molar-refractivity contribution is 5.69. The first-order valence-electron chi connectivity index (χ1n) is 24.2. The fraction of sp³-hybridized carbons (Fsp3) is 0.824. The average molecular weight is 771 g/mol. The van der Waals surface area contributed by atoms with E-state index in [0.717, 1.165) is 44.9 Å². The van der Waals surface area contributed by atoms with Crippen molar-refractivity contribution in [1.82, 2.24) is 0 Å². The molecule has 4 nitrogen and oxygen atoms in total. The molecule has 0 aliphatic rings. The third-order valence-electron chi connectivity index (χ3n) is 10.7. The number of hydrogen-bond acceptors (Lipinski definition) is 4. The summed E-state index contributed by atoms with van der Waals surface area (Å²) in [5.41, 5.74) is 0. The maximum Gasteiger partial charge on any atom is 0.306 e. The summed E-state index contributed by atoms with van der Waals surface area (Å²) in [5.74, 6) is -0.200. The van der Waals surface area contributed by atoms with Crippen molar-refractivity contribution < 1.29 is 19.4 Å². The molecule has 0 spiro atoms.